The Balaban J connectivity index is 0.00000180. The van der Waals surface area contributed by atoms with Crippen molar-refractivity contribution in [3.63, 3.8) is 0 Å². The average Bonchev–Trinajstić information content (AvgIpc) is 2.35. The van der Waals surface area contributed by atoms with Gasteiger partial charge in [-0.2, -0.15) is 0 Å². The highest BCUT2D eigenvalue weighted by molar-refractivity contribution is 5.85. The van der Waals surface area contributed by atoms with E-state index in [2.05, 4.69) is 42.3 Å². The molecule has 1 saturated heterocycles. The number of hydrogen-bond donors (Lipinski definition) is 1. The molecule has 19 heavy (non-hydrogen) atoms. The van der Waals surface area contributed by atoms with E-state index in [1.54, 1.807) is 0 Å². The van der Waals surface area contributed by atoms with Gasteiger partial charge in [-0.25, -0.2) is 0 Å². The molecule has 2 unspecified atom stereocenters. The lowest BCUT2D eigenvalue weighted by molar-refractivity contribution is 0.138. The van der Waals surface area contributed by atoms with E-state index >= 15 is 0 Å². The number of rotatable bonds is 4. The van der Waals surface area contributed by atoms with Gasteiger partial charge in [-0.05, 0) is 38.5 Å². The van der Waals surface area contributed by atoms with E-state index < -0.39 is 0 Å². The normalized spacial score (nSPS) is 23.7. The van der Waals surface area contributed by atoms with Crippen molar-refractivity contribution in [2.75, 3.05) is 19.7 Å². The Hall–Kier alpha value is -0.770. The predicted molar refractivity (Wildman–Crippen MR) is 82.2 cm³/mol. The summed E-state index contributed by atoms with van der Waals surface area (Å²) in [6.07, 6.45) is 0. The van der Waals surface area contributed by atoms with Gasteiger partial charge in [0.25, 0.3) is 0 Å². The summed E-state index contributed by atoms with van der Waals surface area (Å²) in [6.45, 7) is 10.5. The summed E-state index contributed by atoms with van der Waals surface area (Å²) in [5.74, 6) is 0.978. The van der Waals surface area contributed by atoms with Gasteiger partial charge in [0.1, 0.15) is 5.75 Å². The largest absolute Gasteiger partial charge is 0.494 e. The number of nitrogens with zero attached hydrogens (tertiary/aromatic N) is 1. The second-order valence-corrected chi connectivity index (χ2v) is 5.17. The molecule has 2 rings (SSSR count). The van der Waals surface area contributed by atoms with Crippen LogP contribution in [0.1, 0.15) is 26.3 Å². The Morgan fingerprint density at radius 1 is 1.37 bits per heavy atom. The molecular formula is C15H25ClN2O. The summed E-state index contributed by atoms with van der Waals surface area (Å²) < 4.78 is 5.55. The smallest absolute Gasteiger partial charge is 0.119 e. The van der Waals surface area contributed by atoms with Crippen LogP contribution in [0.25, 0.3) is 0 Å². The number of hydrogen-bond acceptors (Lipinski definition) is 3. The zero-order chi connectivity index (χ0) is 13.0. The molecule has 0 amide bonds. The van der Waals surface area contributed by atoms with Gasteiger partial charge in [-0.15, -0.1) is 12.4 Å². The zero-order valence-electron chi connectivity index (χ0n) is 12.1. The van der Waals surface area contributed by atoms with Crippen molar-refractivity contribution in [1.82, 2.24) is 10.2 Å². The van der Waals surface area contributed by atoms with Crippen molar-refractivity contribution >= 4 is 12.4 Å². The van der Waals surface area contributed by atoms with Crippen LogP contribution in [0.5, 0.6) is 5.75 Å². The van der Waals surface area contributed by atoms with Gasteiger partial charge in [0, 0.05) is 31.7 Å². The van der Waals surface area contributed by atoms with E-state index in [0.717, 1.165) is 32.0 Å². The molecule has 0 saturated carbocycles. The van der Waals surface area contributed by atoms with E-state index in [0.29, 0.717) is 12.1 Å². The fourth-order valence-corrected chi connectivity index (χ4v) is 2.45. The van der Waals surface area contributed by atoms with E-state index in [-0.39, 0.29) is 12.4 Å². The van der Waals surface area contributed by atoms with Crippen LogP contribution in [-0.4, -0.2) is 36.7 Å². The summed E-state index contributed by atoms with van der Waals surface area (Å²) in [6, 6.07) is 9.62. The van der Waals surface area contributed by atoms with E-state index in [1.165, 1.54) is 5.56 Å². The van der Waals surface area contributed by atoms with E-state index in [1.807, 2.05) is 13.0 Å². The van der Waals surface area contributed by atoms with E-state index in [9.17, 15) is 0 Å². The molecule has 1 heterocycles. The second-order valence-electron chi connectivity index (χ2n) is 5.17. The molecule has 1 aliphatic heterocycles. The highest BCUT2D eigenvalue weighted by atomic mass is 35.5. The Labute approximate surface area is 122 Å². The van der Waals surface area contributed by atoms with Crippen molar-refractivity contribution < 1.29 is 4.74 Å². The van der Waals surface area contributed by atoms with Gasteiger partial charge in [0.2, 0.25) is 0 Å². The van der Waals surface area contributed by atoms with Crippen LogP contribution in [0.2, 0.25) is 0 Å². The van der Waals surface area contributed by atoms with Crippen LogP contribution in [0.3, 0.4) is 0 Å². The molecule has 0 radical (unpaired) electrons. The molecule has 3 nitrogen and oxygen atoms in total. The van der Waals surface area contributed by atoms with Crippen LogP contribution in [0.4, 0.5) is 0 Å². The molecule has 2 atom stereocenters. The molecule has 1 N–H and O–H groups in total. The molecule has 1 aromatic carbocycles. The first-order valence-corrected chi connectivity index (χ1v) is 6.88. The van der Waals surface area contributed by atoms with Crippen LogP contribution in [-0.2, 0) is 6.54 Å². The lowest BCUT2D eigenvalue weighted by Crippen LogP contribution is -2.53. The van der Waals surface area contributed by atoms with Gasteiger partial charge in [0.05, 0.1) is 6.61 Å². The average molecular weight is 285 g/mol. The maximum absolute atomic E-state index is 5.55. The third-order valence-electron chi connectivity index (χ3n) is 3.49. The maximum Gasteiger partial charge on any atom is 0.119 e. The number of piperazine rings is 1. The highest BCUT2D eigenvalue weighted by Crippen LogP contribution is 2.17. The lowest BCUT2D eigenvalue weighted by atomic mass is 10.1. The third-order valence-corrected chi connectivity index (χ3v) is 3.49. The molecule has 0 aliphatic carbocycles. The quantitative estimate of drug-likeness (QED) is 0.920. The van der Waals surface area contributed by atoms with Gasteiger partial charge in [-0.1, -0.05) is 12.1 Å². The number of benzene rings is 1. The minimum Gasteiger partial charge on any atom is -0.494 e. The van der Waals surface area contributed by atoms with Crippen molar-refractivity contribution in [2.45, 2.75) is 39.4 Å². The van der Waals surface area contributed by atoms with E-state index in [4.69, 9.17) is 4.74 Å². The fourth-order valence-electron chi connectivity index (χ4n) is 2.45. The molecule has 0 bridgehead atoms. The zero-order valence-corrected chi connectivity index (χ0v) is 12.9. The number of halogens is 1. The Morgan fingerprint density at radius 2 is 2.16 bits per heavy atom. The standard InChI is InChI=1S/C15H24N2O.ClH/c1-4-18-15-7-5-6-14(8-15)11-17-10-12(2)16-9-13(17)3;/h5-8,12-13,16H,4,9-11H2,1-3H3;1H. The van der Waals surface area contributed by atoms with Gasteiger partial charge < -0.3 is 10.1 Å². The summed E-state index contributed by atoms with van der Waals surface area (Å²) in [5, 5.41) is 3.51. The Morgan fingerprint density at radius 3 is 2.89 bits per heavy atom. The molecule has 1 fully saturated rings. The monoisotopic (exact) mass is 284 g/mol. The molecule has 0 aromatic heterocycles. The summed E-state index contributed by atoms with van der Waals surface area (Å²) in [7, 11) is 0. The Kier molecular flexibility index (Phi) is 6.63. The lowest BCUT2D eigenvalue weighted by Gasteiger charge is -2.37. The van der Waals surface area contributed by atoms with Crippen molar-refractivity contribution in [3.05, 3.63) is 29.8 Å². The molecular weight excluding hydrogens is 260 g/mol. The molecule has 0 spiro atoms. The van der Waals surface area contributed by atoms with Crippen molar-refractivity contribution in [1.29, 1.82) is 0 Å². The van der Waals surface area contributed by atoms with Crippen molar-refractivity contribution in [3.8, 4) is 5.75 Å². The molecule has 4 heteroatoms. The molecule has 108 valence electrons. The first kappa shape index (κ1) is 16.3. The molecule has 1 aromatic rings. The fraction of sp³-hybridized carbons (Fsp3) is 0.600. The predicted octanol–water partition coefficient (Wildman–Crippen LogP) is 2.69. The van der Waals surface area contributed by atoms with Gasteiger partial charge in [-0.3, -0.25) is 4.90 Å². The topological polar surface area (TPSA) is 24.5 Å². The van der Waals surface area contributed by atoms with Crippen LogP contribution in [0.15, 0.2) is 24.3 Å². The number of nitrogens with one attached hydrogen (secondary N) is 1. The van der Waals surface area contributed by atoms with Crippen LogP contribution < -0.4 is 10.1 Å². The van der Waals surface area contributed by atoms with Crippen molar-refractivity contribution in [2.24, 2.45) is 0 Å². The molecule has 1 aliphatic rings. The second kappa shape index (κ2) is 7.73. The minimum absolute atomic E-state index is 0. The van der Waals surface area contributed by atoms with Crippen LogP contribution >= 0.6 is 12.4 Å². The Bertz CT molecular complexity index is 386. The third kappa shape index (κ3) is 4.68. The first-order chi connectivity index (χ1) is 8.69. The highest BCUT2D eigenvalue weighted by Gasteiger charge is 2.22. The van der Waals surface area contributed by atoms with Gasteiger partial charge >= 0.3 is 0 Å². The summed E-state index contributed by atoms with van der Waals surface area (Å²) >= 11 is 0. The van der Waals surface area contributed by atoms with Gasteiger partial charge in [0.15, 0.2) is 0 Å². The first-order valence-electron chi connectivity index (χ1n) is 6.88. The SMILES string of the molecule is CCOc1cccc(CN2CC(C)NCC2C)c1.Cl. The number of ether oxygens (including phenoxy) is 1. The van der Waals surface area contributed by atoms with Crippen LogP contribution in [0, 0.1) is 0 Å². The maximum atomic E-state index is 5.55. The summed E-state index contributed by atoms with van der Waals surface area (Å²) in [5.41, 5.74) is 1.34. The summed E-state index contributed by atoms with van der Waals surface area (Å²) in [4.78, 5) is 2.53. The minimum atomic E-state index is 0.